The summed E-state index contributed by atoms with van der Waals surface area (Å²) in [5, 5.41) is 39.1. The van der Waals surface area contributed by atoms with E-state index in [1.807, 2.05) is 12.1 Å². The van der Waals surface area contributed by atoms with Gasteiger partial charge >= 0.3 is 0 Å². The van der Waals surface area contributed by atoms with Gasteiger partial charge in [0.15, 0.2) is 5.79 Å². The van der Waals surface area contributed by atoms with Gasteiger partial charge in [0.05, 0.1) is 13.2 Å². The van der Waals surface area contributed by atoms with Gasteiger partial charge < -0.3 is 29.9 Å². The van der Waals surface area contributed by atoms with E-state index >= 15 is 0 Å². The van der Waals surface area contributed by atoms with Gasteiger partial charge in [-0.3, -0.25) is 0 Å². The van der Waals surface area contributed by atoms with Crippen molar-refractivity contribution in [3.63, 3.8) is 0 Å². The summed E-state index contributed by atoms with van der Waals surface area (Å²) < 4.78 is 11.1. The minimum atomic E-state index is -1.56. The summed E-state index contributed by atoms with van der Waals surface area (Å²) in [4.78, 5) is 0. The molecule has 2 aliphatic rings. The van der Waals surface area contributed by atoms with Gasteiger partial charge in [-0.25, -0.2) is 0 Å². The quantitative estimate of drug-likeness (QED) is 0.537. The van der Waals surface area contributed by atoms with E-state index < -0.39 is 36.8 Å². The van der Waals surface area contributed by atoms with E-state index in [1.54, 1.807) is 18.2 Å². The maximum atomic E-state index is 10.2. The number of aliphatic hydroxyl groups excluding tert-OH is 4. The second-order valence-corrected chi connectivity index (χ2v) is 6.57. The van der Waals surface area contributed by atoms with Crippen LogP contribution in [0.15, 0.2) is 42.5 Å². The number of aliphatic hydroxyl groups is 4. The molecular formula is C21H24O6Sc-2. The Morgan fingerprint density at radius 1 is 1.07 bits per heavy atom. The van der Waals surface area contributed by atoms with Gasteiger partial charge in [-0.05, 0) is 0 Å². The Morgan fingerprint density at radius 2 is 1.75 bits per heavy atom. The van der Waals surface area contributed by atoms with Crippen LogP contribution in [-0.2, 0) is 54.1 Å². The molecule has 5 atom stereocenters. The molecule has 2 heterocycles. The predicted octanol–water partition coefficient (Wildman–Crippen LogP) is 0.690. The first kappa shape index (κ1) is 23.4. The van der Waals surface area contributed by atoms with E-state index in [0.717, 1.165) is 12.0 Å². The number of hydrogen-bond acceptors (Lipinski definition) is 6. The smallest absolute Gasteiger partial charge is 0.178 e. The van der Waals surface area contributed by atoms with Crippen LogP contribution in [0, 0.1) is 12.1 Å². The molecule has 4 rings (SSSR count). The van der Waals surface area contributed by atoms with Crippen molar-refractivity contribution in [2.75, 3.05) is 6.61 Å². The van der Waals surface area contributed by atoms with Gasteiger partial charge in [0.1, 0.15) is 24.4 Å². The number of aryl methyl sites for hydroxylation is 1. The van der Waals surface area contributed by atoms with Crippen LogP contribution in [0.4, 0.5) is 0 Å². The van der Waals surface area contributed by atoms with Crippen molar-refractivity contribution in [1.82, 2.24) is 0 Å². The van der Waals surface area contributed by atoms with Crippen LogP contribution >= 0.6 is 0 Å². The van der Waals surface area contributed by atoms with E-state index in [9.17, 15) is 20.4 Å². The summed E-state index contributed by atoms with van der Waals surface area (Å²) in [6.07, 6.45) is -4.18. The van der Waals surface area contributed by atoms with Crippen molar-refractivity contribution in [3.05, 3.63) is 71.3 Å². The number of rotatable bonds is 2. The van der Waals surface area contributed by atoms with E-state index in [-0.39, 0.29) is 32.5 Å². The zero-order valence-electron chi connectivity index (χ0n) is 15.7. The fraction of sp³-hybridized carbons (Fsp3) is 0.429. The summed E-state index contributed by atoms with van der Waals surface area (Å²) in [6, 6.07) is 19.0. The van der Waals surface area contributed by atoms with Crippen LogP contribution in [0.2, 0.25) is 0 Å². The van der Waals surface area contributed by atoms with Crippen molar-refractivity contribution in [2.45, 2.75) is 50.2 Å². The first-order valence-corrected chi connectivity index (χ1v) is 8.94. The Labute approximate surface area is 183 Å². The first-order valence-electron chi connectivity index (χ1n) is 8.94. The minimum Gasteiger partial charge on any atom is -0.394 e. The number of fused-ring (bicyclic) bond motifs is 2. The van der Waals surface area contributed by atoms with Gasteiger partial charge in [-0.15, -0.1) is 5.56 Å². The summed E-state index contributed by atoms with van der Waals surface area (Å²) in [5.74, 6) is -1.56. The fourth-order valence-corrected chi connectivity index (χ4v) is 3.32. The molecule has 149 valence electrons. The van der Waals surface area contributed by atoms with Crippen LogP contribution in [0.25, 0.3) is 0 Å². The average molecular weight is 417 g/mol. The van der Waals surface area contributed by atoms with Crippen LogP contribution in [0.1, 0.15) is 23.6 Å². The Balaban J connectivity index is 0.000000264. The van der Waals surface area contributed by atoms with Crippen molar-refractivity contribution >= 4 is 0 Å². The molecule has 1 spiro atoms. The molecule has 0 saturated carbocycles. The molecule has 1 radical (unpaired) electrons. The topological polar surface area (TPSA) is 99.4 Å². The Bertz CT molecular complexity index is 741. The molecule has 0 unspecified atom stereocenters. The van der Waals surface area contributed by atoms with Gasteiger partial charge in [0.25, 0.3) is 0 Å². The molecular weight excluding hydrogens is 393 g/mol. The molecule has 7 heteroatoms. The summed E-state index contributed by atoms with van der Waals surface area (Å²) in [5.41, 5.74) is 2.76. The molecule has 2 aromatic carbocycles. The average Bonchev–Trinajstić information content (AvgIpc) is 3.10. The van der Waals surface area contributed by atoms with Gasteiger partial charge in [-0.2, -0.15) is 60.2 Å². The second-order valence-electron chi connectivity index (χ2n) is 6.57. The van der Waals surface area contributed by atoms with E-state index in [2.05, 4.69) is 31.2 Å². The third kappa shape index (κ3) is 4.46. The number of hydrogen-bond donors (Lipinski definition) is 4. The Morgan fingerprint density at radius 3 is 2.36 bits per heavy atom. The Kier molecular flexibility index (Phi) is 8.51. The summed E-state index contributed by atoms with van der Waals surface area (Å²) >= 11 is 0. The van der Waals surface area contributed by atoms with E-state index in [0.29, 0.717) is 5.56 Å². The first-order chi connectivity index (χ1) is 13.0. The molecule has 0 amide bonds. The SMILES string of the molecule is CCc1cc[c-]cc1.OC[C@H]1O[C@]2(OCc3cc[c-]cc32)[C@H](O)[C@@H](O)[C@@H]1O.[Sc]. The third-order valence-electron chi connectivity index (χ3n) is 4.92. The molecule has 28 heavy (non-hydrogen) atoms. The minimum absolute atomic E-state index is 0. The Hall–Kier alpha value is -0.930. The zero-order chi connectivity index (χ0) is 19.4. The molecule has 1 fully saturated rings. The number of ether oxygens (including phenoxy) is 2. The molecule has 0 bridgehead atoms. The van der Waals surface area contributed by atoms with Crippen LogP contribution < -0.4 is 0 Å². The second kappa shape index (κ2) is 10.2. The molecule has 0 aromatic heterocycles. The summed E-state index contributed by atoms with van der Waals surface area (Å²) in [7, 11) is 0. The predicted molar refractivity (Wildman–Crippen MR) is 96.4 cm³/mol. The fourth-order valence-electron chi connectivity index (χ4n) is 3.32. The standard InChI is InChI=1S/C13H15O6.C8H9.Sc/c14-5-9-10(15)11(16)12(17)13(19-9)8-4-2-1-3-7(8)6-18-13;1-2-8-6-4-3-5-7-8;/h1,3-4,9-12,14-17H,5-6H2;4-7H,2H2,1H3;/q2*-1;/t9-,10-,11+,12-,13+;;/m1../s1. The maximum absolute atomic E-state index is 10.2. The van der Waals surface area contributed by atoms with Gasteiger partial charge in [0.2, 0.25) is 0 Å². The molecule has 4 N–H and O–H groups in total. The van der Waals surface area contributed by atoms with Gasteiger partial charge in [0, 0.05) is 25.8 Å². The van der Waals surface area contributed by atoms with Crippen molar-refractivity contribution in [2.24, 2.45) is 0 Å². The van der Waals surface area contributed by atoms with Crippen molar-refractivity contribution < 1.29 is 55.7 Å². The van der Waals surface area contributed by atoms with Crippen LogP contribution in [0.3, 0.4) is 0 Å². The van der Waals surface area contributed by atoms with Gasteiger partial charge in [-0.1, -0.05) is 18.9 Å². The maximum Gasteiger partial charge on any atom is 0.178 e. The molecule has 6 nitrogen and oxygen atoms in total. The van der Waals surface area contributed by atoms with Crippen molar-refractivity contribution in [1.29, 1.82) is 0 Å². The van der Waals surface area contributed by atoms with Crippen LogP contribution in [-0.4, -0.2) is 51.4 Å². The molecule has 2 aromatic rings. The molecule has 2 aliphatic heterocycles. The van der Waals surface area contributed by atoms with Crippen molar-refractivity contribution in [3.8, 4) is 0 Å². The van der Waals surface area contributed by atoms with Crippen LogP contribution in [0.5, 0.6) is 0 Å². The normalized spacial score (nSPS) is 30.8. The summed E-state index contributed by atoms with van der Waals surface area (Å²) in [6.45, 7) is 1.89. The van der Waals surface area contributed by atoms with E-state index in [1.165, 1.54) is 5.56 Å². The monoisotopic (exact) mass is 417 g/mol. The molecule has 1 saturated heterocycles. The molecule has 0 aliphatic carbocycles. The zero-order valence-corrected chi connectivity index (χ0v) is 17.5. The van der Waals surface area contributed by atoms with E-state index in [4.69, 9.17) is 9.47 Å². The number of benzene rings is 2. The largest absolute Gasteiger partial charge is 0.394 e. The third-order valence-corrected chi connectivity index (χ3v) is 4.92.